The SMILES string of the molecule is CCC1CC(C)CC(c2ccc(OC)c(Cc3ccc4c(c3)CCC3(CCC3)O4)c2)O1. The van der Waals surface area contributed by atoms with Crippen LogP contribution >= 0.6 is 0 Å². The third-order valence-corrected chi connectivity index (χ3v) is 7.73. The number of aryl methyl sites for hydroxylation is 1. The third kappa shape index (κ3) is 4.22. The van der Waals surface area contributed by atoms with Gasteiger partial charge in [0, 0.05) is 6.42 Å². The van der Waals surface area contributed by atoms with E-state index in [0.29, 0.717) is 12.0 Å². The molecule has 2 fully saturated rings. The zero-order valence-electron chi connectivity index (χ0n) is 19.3. The summed E-state index contributed by atoms with van der Waals surface area (Å²) in [6, 6.07) is 13.4. The molecule has 0 N–H and O–H groups in total. The second kappa shape index (κ2) is 8.50. The van der Waals surface area contributed by atoms with Crippen molar-refractivity contribution in [1.29, 1.82) is 0 Å². The number of methoxy groups -OCH3 is 1. The fraction of sp³-hybridized carbons (Fsp3) is 0.571. The minimum Gasteiger partial charge on any atom is -0.496 e. The van der Waals surface area contributed by atoms with Gasteiger partial charge in [-0.25, -0.2) is 0 Å². The summed E-state index contributed by atoms with van der Waals surface area (Å²) in [7, 11) is 1.77. The van der Waals surface area contributed by atoms with Crippen LogP contribution in [-0.2, 0) is 17.6 Å². The van der Waals surface area contributed by atoms with Gasteiger partial charge in [0.2, 0.25) is 0 Å². The Hall–Kier alpha value is -2.00. The average molecular weight is 421 g/mol. The lowest BCUT2D eigenvalue weighted by Crippen LogP contribution is -2.45. The summed E-state index contributed by atoms with van der Waals surface area (Å²) in [4.78, 5) is 0. The number of benzene rings is 2. The van der Waals surface area contributed by atoms with E-state index in [1.165, 1.54) is 47.9 Å². The van der Waals surface area contributed by atoms with Gasteiger partial charge >= 0.3 is 0 Å². The topological polar surface area (TPSA) is 27.7 Å². The summed E-state index contributed by atoms with van der Waals surface area (Å²) in [6.45, 7) is 4.58. The highest BCUT2D eigenvalue weighted by molar-refractivity contribution is 5.45. The highest BCUT2D eigenvalue weighted by Gasteiger charge is 2.41. The van der Waals surface area contributed by atoms with Crippen molar-refractivity contribution in [1.82, 2.24) is 0 Å². The molecule has 3 heteroatoms. The monoisotopic (exact) mass is 420 g/mol. The maximum absolute atomic E-state index is 6.42. The largest absolute Gasteiger partial charge is 0.496 e. The van der Waals surface area contributed by atoms with Gasteiger partial charge in [-0.3, -0.25) is 0 Å². The van der Waals surface area contributed by atoms with E-state index in [1.54, 1.807) is 7.11 Å². The highest BCUT2D eigenvalue weighted by Crippen LogP contribution is 2.45. The molecule has 3 atom stereocenters. The second-order valence-corrected chi connectivity index (χ2v) is 10.1. The molecule has 1 saturated heterocycles. The summed E-state index contributed by atoms with van der Waals surface area (Å²) >= 11 is 0. The van der Waals surface area contributed by atoms with E-state index < -0.39 is 0 Å². The number of hydrogen-bond donors (Lipinski definition) is 0. The molecule has 1 saturated carbocycles. The van der Waals surface area contributed by atoms with Crippen LogP contribution in [-0.4, -0.2) is 18.8 Å². The number of fused-ring (bicyclic) bond motifs is 1. The first kappa shape index (κ1) is 20.9. The molecule has 3 nitrogen and oxygen atoms in total. The van der Waals surface area contributed by atoms with Crippen molar-refractivity contribution in [2.45, 2.75) is 89.4 Å². The van der Waals surface area contributed by atoms with Gasteiger partial charge in [0.15, 0.2) is 0 Å². The summed E-state index contributed by atoms with van der Waals surface area (Å²) in [5, 5.41) is 0. The molecule has 2 aromatic rings. The van der Waals surface area contributed by atoms with Gasteiger partial charge in [-0.1, -0.05) is 32.0 Å². The molecule has 1 spiro atoms. The van der Waals surface area contributed by atoms with E-state index in [-0.39, 0.29) is 11.7 Å². The molecule has 2 heterocycles. The van der Waals surface area contributed by atoms with Crippen LogP contribution in [0.3, 0.4) is 0 Å². The molecule has 1 aliphatic carbocycles. The molecule has 0 bridgehead atoms. The van der Waals surface area contributed by atoms with Crippen LogP contribution in [0.1, 0.15) is 87.2 Å². The Kier molecular flexibility index (Phi) is 5.73. The van der Waals surface area contributed by atoms with Crippen molar-refractivity contribution in [3.8, 4) is 11.5 Å². The first-order chi connectivity index (χ1) is 15.1. The lowest BCUT2D eigenvalue weighted by Gasteiger charge is -2.45. The second-order valence-electron chi connectivity index (χ2n) is 10.1. The molecule has 0 aromatic heterocycles. The quantitative estimate of drug-likeness (QED) is 0.532. The molecule has 166 valence electrons. The molecule has 3 unspecified atom stereocenters. The summed E-state index contributed by atoms with van der Waals surface area (Å²) < 4.78 is 18.5. The van der Waals surface area contributed by atoms with E-state index >= 15 is 0 Å². The summed E-state index contributed by atoms with van der Waals surface area (Å²) in [5.74, 6) is 2.77. The Bertz CT molecular complexity index is 930. The Morgan fingerprint density at radius 1 is 1.06 bits per heavy atom. The number of ether oxygens (including phenoxy) is 3. The normalized spacial score (nSPS) is 26.6. The lowest BCUT2D eigenvalue weighted by atomic mass is 9.74. The van der Waals surface area contributed by atoms with Crippen LogP contribution in [0, 0.1) is 5.92 Å². The van der Waals surface area contributed by atoms with Crippen molar-refractivity contribution in [3.63, 3.8) is 0 Å². The molecule has 0 radical (unpaired) electrons. The van der Waals surface area contributed by atoms with Gasteiger partial charge in [-0.05, 0) is 97.7 Å². The fourth-order valence-electron chi connectivity index (χ4n) is 5.70. The summed E-state index contributed by atoms with van der Waals surface area (Å²) in [5.41, 5.74) is 5.36. The first-order valence-corrected chi connectivity index (χ1v) is 12.2. The van der Waals surface area contributed by atoms with Crippen LogP contribution in [0.4, 0.5) is 0 Å². The van der Waals surface area contributed by atoms with Crippen LogP contribution in [0.15, 0.2) is 36.4 Å². The van der Waals surface area contributed by atoms with Crippen molar-refractivity contribution in [2.75, 3.05) is 7.11 Å². The van der Waals surface area contributed by atoms with Gasteiger partial charge in [0.25, 0.3) is 0 Å². The average Bonchev–Trinajstić information content (AvgIpc) is 2.77. The van der Waals surface area contributed by atoms with E-state index in [0.717, 1.165) is 43.6 Å². The van der Waals surface area contributed by atoms with E-state index in [1.807, 2.05) is 0 Å². The molecule has 2 aliphatic heterocycles. The van der Waals surface area contributed by atoms with E-state index in [4.69, 9.17) is 14.2 Å². The van der Waals surface area contributed by atoms with Gasteiger partial charge in [-0.2, -0.15) is 0 Å². The third-order valence-electron chi connectivity index (χ3n) is 7.73. The minimum absolute atomic E-state index is 0.152. The molecular weight excluding hydrogens is 384 g/mol. The Morgan fingerprint density at radius 2 is 1.94 bits per heavy atom. The standard InChI is InChI=1S/C28H36O3/c1-4-24-14-19(2)15-27(30-24)21-7-9-25(29-3)23(18-21)17-20-6-8-26-22(16-20)10-13-28(31-26)11-5-12-28/h6-9,16,18-19,24,27H,4-5,10-15,17H2,1-3H3. The summed E-state index contributed by atoms with van der Waals surface area (Å²) in [6.07, 6.45) is 10.8. The van der Waals surface area contributed by atoms with Crippen LogP contribution < -0.4 is 9.47 Å². The van der Waals surface area contributed by atoms with Gasteiger partial charge in [0.05, 0.1) is 19.3 Å². The lowest BCUT2D eigenvalue weighted by molar-refractivity contribution is -0.0709. The fourth-order valence-corrected chi connectivity index (χ4v) is 5.70. The maximum atomic E-state index is 6.42. The molecule has 2 aromatic carbocycles. The Morgan fingerprint density at radius 3 is 2.68 bits per heavy atom. The Labute approximate surface area is 187 Å². The van der Waals surface area contributed by atoms with Crippen LogP contribution in [0.2, 0.25) is 0 Å². The molecule has 3 aliphatic rings. The smallest absolute Gasteiger partial charge is 0.123 e. The van der Waals surface area contributed by atoms with Crippen LogP contribution in [0.5, 0.6) is 11.5 Å². The van der Waals surface area contributed by atoms with E-state index in [2.05, 4.69) is 50.2 Å². The van der Waals surface area contributed by atoms with Crippen molar-refractivity contribution < 1.29 is 14.2 Å². The molecule has 31 heavy (non-hydrogen) atoms. The van der Waals surface area contributed by atoms with Crippen molar-refractivity contribution in [3.05, 3.63) is 58.7 Å². The molecule has 0 amide bonds. The first-order valence-electron chi connectivity index (χ1n) is 12.2. The minimum atomic E-state index is 0.152. The van der Waals surface area contributed by atoms with Crippen molar-refractivity contribution >= 4 is 0 Å². The van der Waals surface area contributed by atoms with Crippen LogP contribution in [0.25, 0.3) is 0 Å². The molecular formula is C28H36O3. The Balaban J connectivity index is 1.37. The van der Waals surface area contributed by atoms with E-state index in [9.17, 15) is 0 Å². The number of hydrogen-bond acceptors (Lipinski definition) is 3. The number of rotatable bonds is 5. The predicted octanol–water partition coefficient (Wildman–Crippen LogP) is 6.80. The highest BCUT2D eigenvalue weighted by atomic mass is 16.5. The zero-order valence-corrected chi connectivity index (χ0v) is 19.3. The van der Waals surface area contributed by atoms with Gasteiger partial charge in [-0.15, -0.1) is 0 Å². The maximum Gasteiger partial charge on any atom is 0.123 e. The zero-order chi connectivity index (χ0) is 21.4. The van der Waals surface area contributed by atoms with Gasteiger partial charge in [0.1, 0.15) is 17.1 Å². The predicted molar refractivity (Wildman–Crippen MR) is 124 cm³/mol. The van der Waals surface area contributed by atoms with Gasteiger partial charge < -0.3 is 14.2 Å². The molecule has 5 rings (SSSR count). The van der Waals surface area contributed by atoms with Crippen molar-refractivity contribution in [2.24, 2.45) is 5.92 Å².